The highest BCUT2D eigenvalue weighted by Gasteiger charge is 2.17. The summed E-state index contributed by atoms with van der Waals surface area (Å²) in [6.07, 6.45) is 3.29. The SMILES string of the molecule is NCCc1cc2c(cc1OCCc1ccccn1)OCO2. The standard InChI is InChI=1S/C16H18N2O3/c17-6-4-12-9-15-16(21-11-20-15)10-14(12)19-8-5-13-3-1-2-7-18-13/h1-3,7,9-10H,4-6,8,11,17H2. The fourth-order valence-corrected chi connectivity index (χ4v) is 2.26. The average molecular weight is 286 g/mol. The molecular weight excluding hydrogens is 268 g/mol. The number of nitrogens with two attached hydrogens (primary N) is 1. The van der Waals surface area contributed by atoms with Crippen LogP contribution in [0.2, 0.25) is 0 Å². The van der Waals surface area contributed by atoms with Gasteiger partial charge in [0.2, 0.25) is 6.79 Å². The van der Waals surface area contributed by atoms with Crippen LogP contribution >= 0.6 is 0 Å². The maximum atomic E-state index is 5.89. The second kappa shape index (κ2) is 6.45. The molecule has 3 rings (SSSR count). The zero-order chi connectivity index (χ0) is 14.5. The first kappa shape index (κ1) is 13.7. The van der Waals surface area contributed by atoms with Gasteiger partial charge in [0.25, 0.3) is 0 Å². The van der Waals surface area contributed by atoms with Crippen LogP contribution in [0.1, 0.15) is 11.3 Å². The maximum absolute atomic E-state index is 5.89. The summed E-state index contributed by atoms with van der Waals surface area (Å²) >= 11 is 0. The summed E-state index contributed by atoms with van der Waals surface area (Å²) < 4.78 is 16.7. The first-order valence-corrected chi connectivity index (χ1v) is 7.02. The summed E-state index contributed by atoms with van der Waals surface area (Å²) in [5.41, 5.74) is 7.71. The van der Waals surface area contributed by atoms with Gasteiger partial charge in [-0.25, -0.2) is 0 Å². The van der Waals surface area contributed by atoms with Crippen LogP contribution in [0, 0.1) is 0 Å². The summed E-state index contributed by atoms with van der Waals surface area (Å²) in [7, 11) is 0. The van der Waals surface area contributed by atoms with E-state index >= 15 is 0 Å². The van der Waals surface area contributed by atoms with E-state index in [9.17, 15) is 0 Å². The normalized spacial score (nSPS) is 12.4. The van der Waals surface area contributed by atoms with Crippen molar-refractivity contribution < 1.29 is 14.2 Å². The van der Waals surface area contributed by atoms with Gasteiger partial charge in [0.15, 0.2) is 11.5 Å². The van der Waals surface area contributed by atoms with Crippen molar-refractivity contribution in [1.82, 2.24) is 4.98 Å². The fourth-order valence-electron chi connectivity index (χ4n) is 2.26. The molecule has 0 spiro atoms. The van der Waals surface area contributed by atoms with Crippen molar-refractivity contribution in [1.29, 1.82) is 0 Å². The number of pyridine rings is 1. The lowest BCUT2D eigenvalue weighted by Crippen LogP contribution is -2.08. The number of aromatic nitrogens is 1. The third-order valence-electron chi connectivity index (χ3n) is 3.31. The Hall–Kier alpha value is -2.27. The molecule has 0 atom stereocenters. The minimum absolute atomic E-state index is 0.259. The van der Waals surface area contributed by atoms with E-state index in [-0.39, 0.29) is 6.79 Å². The molecule has 5 heteroatoms. The van der Waals surface area contributed by atoms with Gasteiger partial charge >= 0.3 is 0 Å². The molecule has 2 aromatic rings. The zero-order valence-electron chi connectivity index (χ0n) is 11.7. The van der Waals surface area contributed by atoms with Gasteiger partial charge in [-0.3, -0.25) is 4.98 Å². The second-order valence-electron chi connectivity index (χ2n) is 4.77. The molecule has 5 nitrogen and oxygen atoms in total. The van der Waals surface area contributed by atoms with Crippen LogP contribution in [0.5, 0.6) is 17.2 Å². The number of ether oxygens (including phenoxy) is 3. The third-order valence-corrected chi connectivity index (χ3v) is 3.31. The Balaban J connectivity index is 1.69. The monoisotopic (exact) mass is 286 g/mol. The molecule has 2 heterocycles. The number of hydrogen-bond acceptors (Lipinski definition) is 5. The van der Waals surface area contributed by atoms with Crippen molar-refractivity contribution >= 4 is 0 Å². The highest BCUT2D eigenvalue weighted by atomic mass is 16.7. The number of hydrogen-bond donors (Lipinski definition) is 1. The number of nitrogens with zero attached hydrogens (tertiary/aromatic N) is 1. The van der Waals surface area contributed by atoms with Crippen LogP contribution in [-0.2, 0) is 12.8 Å². The molecule has 1 aromatic heterocycles. The summed E-state index contributed by atoms with van der Waals surface area (Å²) in [4.78, 5) is 4.28. The quantitative estimate of drug-likeness (QED) is 0.879. The Morgan fingerprint density at radius 1 is 1.14 bits per heavy atom. The maximum Gasteiger partial charge on any atom is 0.231 e. The highest BCUT2D eigenvalue weighted by molar-refractivity contribution is 5.52. The third kappa shape index (κ3) is 3.25. The lowest BCUT2D eigenvalue weighted by Gasteiger charge is -2.12. The van der Waals surface area contributed by atoms with E-state index < -0.39 is 0 Å². The fraction of sp³-hybridized carbons (Fsp3) is 0.312. The molecule has 110 valence electrons. The van der Waals surface area contributed by atoms with Crippen LogP contribution in [0.4, 0.5) is 0 Å². The van der Waals surface area contributed by atoms with E-state index in [2.05, 4.69) is 4.98 Å². The van der Waals surface area contributed by atoms with Crippen molar-refractivity contribution in [2.75, 3.05) is 19.9 Å². The van der Waals surface area contributed by atoms with Crippen molar-refractivity contribution in [3.05, 3.63) is 47.8 Å². The molecule has 0 saturated carbocycles. The molecule has 2 N–H and O–H groups in total. The number of rotatable bonds is 6. The van der Waals surface area contributed by atoms with Crippen molar-refractivity contribution in [2.45, 2.75) is 12.8 Å². The van der Waals surface area contributed by atoms with Crippen LogP contribution in [0.3, 0.4) is 0 Å². The van der Waals surface area contributed by atoms with E-state index in [1.807, 2.05) is 30.3 Å². The van der Waals surface area contributed by atoms with E-state index in [0.717, 1.165) is 41.3 Å². The summed E-state index contributed by atoms with van der Waals surface area (Å²) in [5, 5.41) is 0. The summed E-state index contributed by atoms with van der Waals surface area (Å²) in [5.74, 6) is 2.29. The van der Waals surface area contributed by atoms with Gasteiger partial charge < -0.3 is 19.9 Å². The Morgan fingerprint density at radius 3 is 2.76 bits per heavy atom. The Morgan fingerprint density at radius 2 is 2.00 bits per heavy atom. The molecule has 1 aliphatic rings. The van der Waals surface area contributed by atoms with Gasteiger partial charge in [0.1, 0.15) is 5.75 Å². The molecule has 0 fully saturated rings. The molecule has 0 saturated heterocycles. The molecule has 0 aliphatic carbocycles. The lowest BCUT2D eigenvalue weighted by atomic mass is 10.1. The molecule has 0 bridgehead atoms. The minimum Gasteiger partial charge on any atom is -0.493 e. The molecule has 0 unspecified atom stereocenters. The molecule has 21 heavy (non-hydrogen) atoms. The van der Waals surface area contributed by atoms with E-state index in [1.165, 1.54) is 0 Å². The first-order valence-electron chi connectivity index (χ1n) is 7.02. The van der Waals surface area contributed by atoms with Crippen LogP contribution < -0.4 is 19.9 Å². The zero-order valence-corrected chi connectivity index (χ0v) is 11.7. The van der Waals surface area contributed by atoms with Gasteiger partial charge in [-0.05, 0) is 36.7 Å². The van der Waals surface area contributed by atoms with Crippen molar-refractivity contribution in [2.24, 2.45) is 5.73 Å². The van der Waals surface area contributed by atoms with E-state index in [1.54, 1.807) is 6.20 Å². The predicted molar refractivity (Wildman–Crippen MR) is 78.8 cm³/mol. The molecule has 1 aromatic carbocycles. The van der Waals surface area contributed by atoms with Crippen LogP contribution in [0.15, 0.2) is 36.5 Å². The molecule has 0 radical (unpaired) electrons. The van der Waals surface area contributed by atoms with Gasteiger partial charge in [-0.2, -0.15) is 0 Å². The van der Waals surface area contributed by atoms with Gasteiger partial charge in [0, 0.05) is 24.4 Å². The molecule has 1 aliphatic heterocycles. The van der Waals surface area contributed by atoms with Crippen molar-refractivity contribution in [3.63, 3.8) is 0 Å². The minimum atomic E-state index is 0.259. The largest absolute Gasteiger partial charge is 0.493 e. The number of fused-ring (bicyclic) bond motifs is 1. The smallest absolute Gasteiger partial charge is 0.231 e. The Kier molecular flexibility index (Phi) is 4.21. The van der Waals surface area contributed by atoms with Gasteiger partial charge in [-0.15, -0.1) is 0 Å². The van der Waals surface area contributed by atoms with Gasteiger partial charge in [-0.1, -0.05) is 6.07 Å². The molecule has 0 amide bonds. The van der Waals surface area contributed by atoms with Crippen molar-refractivity contribution in [3.8, 4) is 17.2 Å². The lowest BCUT2D eigenvalue weighted by molar-refractivity contribution is 0.173. The molecular formula is C16H18N2O3. The van der Waals surface area contributed by atoms with E-state index in [4.69, 9.17) is 19.9 Å². The highest BCUT2D eigenvalue weighted by Crippen LogP contribution is 2.38. The van der Waals surface area contributed by atoms with E-state index in [0.29, 0.717) is 13.2 Å². The second-order valence-corrected chi connectivity index (χ2v) is 4.77. The Labute approximate surface area is 123 Å². The summed E-state index contributed by atoms with van der Waals surface area (Å²) in [6, 6.07) is 9.70. The van der Waals surface area contributed by atoms with Crippen LogP contribution in [0.25, 0.3) is 0 Å². The Bertz CT molecular complexity index is 602. The average Bonchev–Trinajstić information content (AvgIpc) is 2.96. The number of benzene rings is 1. The first-order chi connectivity index (χ1) is 10.4. The predicted octanol–water partition coefficient (Wildman–Crippen LogP) is 1.93. The van der Waals surface area contributed by atoms with Crippen LogP contribution in [-0.4, -0.2) is 24.9 Å². The van der Waals surface area contributed by atoms with Gasteiger partial charge in [0.05, 0.1) is 6.61 Å². The topological polar surface area (TPSA) is 66.6 Å². The summed E-state index contributed by atoms with van der Waals surface area (Å²) in [6.45, 7) is 1.39.